The van der Waals surface area contributed by atoms with Crippen LogP contribution in [0.1, 0.15) is 91.4 Å². The first-order valence-corrected chi connectivity index (χ1v) is 27.4. The number of methoxy groups -OCH3 is 1. The number of piperidine rings is 1. The molecule has 3 aromatic heterocycles. The van der Waals surface area contributed by atoms with Crippen molar-refractivity contribution >= 4 is 44.2 Å². The van der Waals surface area contributed by atoms with Crippen LogP contribution in [0.15, 0.2) is 96.3 Å². The van der Waals surface area contributed by atoms with Crippen molar-refractivity contribution in [1.29, 1.82) is 0 Å². The molecule has 0 radical (unpaired) electrons. The lowest BCUT2D eigenvalue weighted by Crippen LogP contribution is -2.60. The first kappa shape index (κ1) is 51.1. The number of carbonyl (C=O) groups excluding carboxylic acids is 1. The van der Waals surface area contributed by atoms with Gasteiger partial charge in [0.05, 0.1) is 18.2 Å². The molecule has 3 aromatic carbocycles. The van der Waals surface area contributed by atoms with Crippen LogP contribution < -0.4 is 33.9 Å². The summed E-state index contributed by atoms with van der Waals surface area (Å²) in [5.41, 5.74) is 1.95. The zero-order valence-electron chi connectivity index (χ0n) is 42.8. The lowest BCUT2D eigenvalue weighted by Gasteiger charge is -2.58. The molecule has 6 aromatic rings. The average molecular weight is 1060 g/mol. The van der Waals surface area contributed by atoms with Crippen molar-refractivity contribution < 1.29 is 46.2 Å². The zero-order chi connectivity index (χ0) is 52.8. The zero-order valence-corrected chi connectivity index (χ0v) is 43.6. The number of aromatic amines is 1. The van der Waals surface area contributed by atoms with E-state index in [1.54, 1.807) is 25.4 Å². The van der Waals surface area contributed by atoms with Gasteiger partial charge in [-0.05, 0) is 78.0 Å². The van der Waals surface area contributed by atoms with Crippen molar-refractivity contribution in [3.63, 3.8) is 0 Å². The van der Waals surface area contributed by atoms with Crippen molar-refractivity contribution in [2.24, 2.45) is 5.41 Å². The van der Waals surface area contributed by atoms with Crippen LogP contribution in [0.25, 0.3) is 11.0 Å². The Morgan fingerprint density at radius 2 is 1.71 bits per heavy atom. The average Bonchev–Trinajstić information content (AvgIpc) is 4.11. The maximum Gasteiger partial charge on any atom is 0.297 e. The SMILES string of the molecule is COc1ccc(CN2CCN(C3CC4(CCN(c5cc(Oc6cnc7[nH]ccc7c6)c(C(=O)NS(=O)(=O)c6cc([N+](=O)[O-])c(NCC7(F)CCOCC7)c7c6OCO7)cn5)CC4)C3)[C@H](c3ccccc3C(C)C)C2)cc1. The van der Waals surface area contributed by atoms with Crippen LogP contribution >= 0.6 is 0 Å². The van der Waals surface area contributed by atoms with E-state index in [0.29, 0.717) is 36.5 Å². The second kappa shape index (κ2) is 20.8. The van der Waals surface area contributed by atoms with Crippen LogP contribution in [0.4, 0.5) is 21.6 Å². The van der Waals surface area contributed by atoms with Crippen LogP contribution in [-0.4, -0.2) is 122 Å². The van der Waals surface area contributed by atoms with E-state index in [-0.39, 0.29) is 78.3 Å². The van der Waals surface area contributed by atoms with Crippen LogP contribution in [0.3, 0.4) is 0 Å². The fraction of sp³-hybridized carbons (Fsp3) is 0.436. The molecule has 1 saturated carbocycles. The molecular formula is C55H62FN9O10S. The summed E-state index contributed by atoms with van der Waals surface area (Å²) >= 11 is 0. The van der Waals surface area contributed by atoms with E-state index in [0.717, 1.165) is 69.1 Å². The number of hydrogen-bond donors (Lipinski definition) is 3. The highest BCUT2D eigenvalue weighted by molar-refractivity contribution is 7.90. The highest BCUT2D eigenvalue weighted by atomic mass is 32.2. The Morgan fingerprint density at radius 1 is 0.947 bits per heavy atom. The molecule has 400 valence electrons. The number of hydrogen-bond acceptors (Lipinski definition) is 16. The molecule has 1 aliphatic carbocycles. The predicted octanol–water partition coefficient (Wildman–Crippen LogP) is 8.88. The number of rotatable bonds is 16. The quantitative estimate of drug-likeness (QED) is 0.0609. The van der Waals surface area contributed by atoms with Gasteiger partial charge in [-0.3, -0.25) is 24.7 Å². The Kier molecular flexibility index (Phi) is 14.0. The number of nitrogens with one attached hydrogen (secondary N) is 3. The van der Waals surface area contributed by atoms with Gasteiger partial charge in [0.25, 0.3) is 21.6 Å². The molecule has 3 N–H and O–H groups in total. The second-order valence-electron chi connectivity index (χ2n) is 21.0. The van der Waals surface area contributed by atoms with Crippen LogP contribution in [0, 0.1) is 15.5 Å². The molecule has 4 fully saturated rings. The Morgan fingerprint density at radius 3 is 2.46 bits per heavy atom. The van der Waals surface area contributed by atoms with E-state index in [4.69, 9.17) is 28.7 Å². The normalized spacial score (nSPS) is 19.6. The number of aromatic nitrogens is 3. The Hall–Kier alpha value is -7.07. The molecule has 19 nitrogen and oxygen atoms in total. The summed E-state index contributed by atoms with van der Waals surface area (Å²) in [6, 6.07) is 24.0. The van der Waals surface area contributed by atoms with Gasteiger partial charge >= 0.3 is 0 Å². The largest absolute Gasteiger partial charge is 0.497 e. The smallest absolute Gasteiger partial charge is 0.297 e. The standard InChI is InChI=1S/C55H62FN9O10S/c1-35(2)41-6-4-5-7-42(41)45-32-62(31-36-8-10-39(71-3)11-9-36)20-21-64(45)38-27-54(28-38)13-18-63(19-14-54)48-26-46(75-40-24-37-12-17-57-52(37)59-29-40)43(30-58-48)53(66)61-76(69,70)47-25-44(65(67)68)49(51-50(47)73-34-74-51)60-33-55(56)15-22-72-23-16-55/h4-12,17,24-26,29-30,35,38,45,60H,13-16,18-23,27-28,31-34H2,1-3H3,(H,57,59)(H,61,66)/t45-/m0/s1. The number of sulfonamides is 1. The predicted molar refractivity (Wildman–Crippen MR) is 282 cm³/mol. The minimum absolute atomic E-state index is 0.0147. The van der Waals surface area contributed by atoms with Crippen molar-refractivity contribution in [2.45, 2.75) is 87.5 Å². The van der Waals surface area contributed by atoms with E-state index in [1.165, 1.54) is 29.1 Å². The minimum atomic E-state index is -4.91. The fourth-order valence-corrected chi connectivity index (χ4v) is 12.8. The van der Waals surface area contributed by atoms with Gasteiger partial charge in [0.1, 0.15) is 44.8 Å². The number of nitro benzene ring substituents is 1. The molecule has 4 aliphatic heterocycles. The summed E-state index contributed by atoms with van der Waals surface area (Å²) in [4.78, 5) is 44.9. The number of amides is 1. The first-order chi connectivity index (χ1) is 36.7. The van der Waals surface area contributed by atoms with Gasteiger partial charge in [0, 0.05) is 114 Å². The van der Waals surface area contributed by atoms with Crippen molar-refractivity contribution in [3.8, 4) is 28.7 Å². The monoisotopic (exact) mass is 1060 g/mol. The second-order valence-corrected chi connectivity index (χ2v) is 22.7. The highest BCUT2D eigenvalue weighted by Crippen LogP contribution is 2.54. The number of carbonyl (C=O) groups is 1. The van der Waals surface area contributed by atoms with E-state index >= 15 is 4.39 Å². The third-order valence-corrected chi connectivity index (χ3v) is 17.3. The molecule has 76 heavy (non-hydrogen) atoms. The van der Waals surface area contributed by atoms with Gasteiger partial charge in [-0.2, -0.15) is 0 Å². The Balaban J connectivity index is 0.807. The van der Waals surface area contributed by atoms with Gasteiger partial charge in [0.15, 0.2) is 17.2 Å². The van der Waals surface area contributed by atoms with E-state index in [2.05, 4.69) is 85.0 Å². The molecule has 0 unspecified atom stereocenters. The molecule has 11 rings (SSSR count). The first-order valence-electron chi connectivity index (χ1n) is 25.9. The lowest BCUT2D eigenvalue weighted by molar-refractivity contribution is -0.384. The Labute approximate surface area is 440 Å². The van der Waals surface area contributed by atoms with E-state index in [9.17, 15) is 23.3 Å². The van der Waals surface area contributed by atoms with Gasteiger partial charge in [-0.15, -0.1) is 0 Å². The molecule has 3 saturated heterocycles. The van der Waals surface area contributed by atoms with Gasteiger partial charge in [0.2, 0.25) is 6.79 Å². The number of fused-ring (bicyclic) bond motifs is 2. The number of alkyl halides is 1. The van der Waals surface area contributed by atoms with Crippen molar-refractivity contribution in [3.05, 3.63) is 124 Å². The maximum absolute atomic E-state index is 15.6. The summed E-state index contributed by atoms with van der Waals surface area (Å²) in [6.07, 6.45) is 8.71. The summed E-state index contributed by atoms with van der Waals surface area (Å²) in [6.45, 7) is 9.31. The van der Waals surface area contributed by atoms with E-state index < -0.39 is 43.9 Å². The third-order valence-electron chi connectivity index (χ3n) is 16.0. The molecule has 7 heterocycles. The lowest BCUT2D eigenvalue weighted by atomic mass is 9.59. The maximum atomic E-state index is 15.6. The van der Waals surface area contributed by atoms with Crippen LogP contribution in [0.5, 0.6) is 28.7 Å². The highest BCUT2D eigenvalue weighted by Gasteiger charge is 2.50. The molecule has 0 bridgehead atoms. The number of halogens is 1. The summed E-state index contributed by atoms with van der Waals surface area (Å²) in [5, 5.41) is 16.0. The van der Waals surface area contributed by atoms with Crippen LogP contribution in [-0.2, 0) is 21.3 Å². The van der Waals surface area contributed by atoms with Gasteiger partial charge in [-0.25, -0.2) is 27.5 Å². The summed E-state index contributed by atoms with van der Waals surface area (Å²) < 4.78 is 74.2. The van der Waals surface area contributed by atoms with Crippen molar-refractivity contribution in [1.82, 2.24) is 29.5 Å². The summed E-state index contributed by atoms with van der Waals surface area (Å²) in [5.74, 6) is 0.319. The number of benzene rings is 3. The summed E-state index contributed by atoms with van der Waals surface area (Å²) in [7, 11) is -3.22. The third kappa shape index (κ3) is 10.3. The number of H-pyrrole nitrogens is 1. The fourth-order valence-electron chi connectivity index (χ4n) is 11.7. The van der Waals surface area contributed by atoms with Crippen LogP contribution in [0.2, 0.25) is 0 Å². The number of anilines is 2. The van der Waals surface area contributed by atoms with Gasteiger partial charge < -0.3 is 38.9 Å². The number of nitrogens with zero attached hydrogens (tertiary/aromatic N) is 6. The number of pyridine rings is 2. The van der Waals surface area contributed by atoms with Crippen molar-refractivity contribution in [2.75, 3.05) is 76.6 Å². The van der Waals surface area contributed by atoms with E-state index in [1.807, 2.05) is 18.2 Å². The minimum Gasteiger partial charge on any atom is -0.497 e. The molecule has 5 aliphatic rings. The van der Waals surface area contributed by atoms with Gasteiger partial charge in [-0.1, -0.05) is 50.2 Å². The number of ether oxygens (including phenoxy) is 5. The molecule has 1 amide bonds. The number of nitro groups is 1. The Bertz CT molecular complexity index is 3250. The molecular weight excluding hydrogens is 998 g/mol. The molecule has 1 atom stereocenters. The number of piperazine rings is 1. The molecule has 21 heteroatoms. The topological polar surface area (TPSA) is 216 Å². The molecule has 1 spiro atoms.